The molecule has 4 atom stereocenters. The number of rotatable bonds is 5. The summed E-state index contributed by atoms with van der Waals surface area (Å²) in [6.07, 6.45) is 2.11. The molecule has 1 aliphatic heterocycles. The third kappa shape index (κ3) is 2.85. The molecule has 2 saturated carbocycles. The van der Waals surface area contributed by atoms with Crippen molar-refractivity contribution in [3.05, 3.63) is 53.6 Å². The summed E-state index contributed by atoms with van der Waals surface area (Å²) < 4.78 is 17.2. The van der Waals surface area contributed by atoms with Gasteiger partial charge in [-0.3, -0.25) is 9.59 Å². The smallest absolute Gasteiger partial charge is 0.224 e. The van der Waals surface area contributed by atoms with Gasteiger partial charge in [-0.15, -0.1) is 0 Å². The topological polar surface area (TPSA) is 73.9 Å². The molecule has 1 heterocycles. The molecule has 2 aromatic carbocycles. The maximum absolute atomic E-state index is 13.0. The highest BCUT2D eigenvalue weighted by molar-refractivity contribution is 6.00. The number of hydrogen-bond donors (Lipinski definition) is 1. The maximum atomic E-state index is 13.0. The maximum Gasteiger partial charge on any atom is 0.224 e. The Morgan fingerprint density at radius 3 is 2.80 bits per heavy atom. The molecule has 0 radical (unpaired) electrons. The van der Waals surface area contributed by atoms with Gasteiger partial charge in [-0.25, -0.2) is 0 Å². The van der Waals surface area contributed by atoms with Gasteiger partial charge in [-0.2, -0.15) is 0 Å². The molecule has 2 aliphatic carbocycles. The minimum Gasteiger partial charge on any atom is -0.493 e. The molecule has 2 fully saturated rings. The largest absolute Gasteiger partial charge is 0.493 e. The molecule has 1 amide bonds. The number of carbonyl (C=O) groups excluding carboxylic acids is 2. The summed E-state index contributed by atoms with van der Waals surface area (Å²) in [6, 6.07) is 13.0. The minimum absolute atomic E-state index is 0.0175. The van der Waals surface area contributed by atoms with E-state index in [9.17, 15) is 9.59 Å². The fraction of sp³-hybridized carbons (Fsp3) is 0.417. The van der Waals surface area contributed by atoms with E-state index in [0.29, 0.717) is 35.8 Å². The third-order valence-electron chi connectivity index (χ3n) is 6.88. The van der Waals surface area contributed by atoms with Gasteiger partial charge in [0.2, 0.25) is 5.91 Å². The van der Waals surface area contributed by atoms with E-state index < -0.39 is 5.60 Å². The zero-order valence-corrected chi connectivity index (χ0v) is 17.1. The highest BCUT2D eigenvalue weighted by atomic mass is 16.5. The van der Waals surface area contributed by atoms with Gasteiger partial charge in [0, 0.05) is 23.9 Å². The predicted molar refractivity (Wildman–Crippen MR) is 110 cm³/mol. The second-order valence-electron chi connectivity index (χ2n) is 8.39. The number of hydrogen-bond acceptors (Lipinski definition) is 5. The van der Waals surface area contributed by atoms with Crippen molar-refractivity contribution in [3.63, 3.8) is 0 Å². The van der Waals surface area contributed by atoms with Gasteiger partial charge in [0.15, 0.2) is 17.3 Å². The highest BCUT2D eigenvalue weighted by Crippen LogP contribution is 2.65. The summed E-state index contributed by atoms with van der Waals surface area (Å²) in [5, 5.41) is 3.05. The lowest BCUT2D eigenvalue weighted by Crippen LogP contribution is -2.44. The number of Topliss-reactive ketones (excluding diaryl/α,β-unsaturated/α-hetero) is 1. The fourth-order valence-corrected chi connectivity index (χ4v) is 5.51. The van der Waals surface area contributed by atoms with Gasteiger partial charge >= 0.3 is 0 Å². The molecule has 0 unspecified atom stereocenters. The van der Waals surface area contributed by atoms with E-state index in [4.69, 9.17) is 14.2 Å². The van der Waals surface area contributed by atoms with Crippen molar-refractivity contribution < 1.29 is 23.8 Å². The van der Waals surface area contributed by atoms with Crippen molar-refractivity contribution in [2.45, 2.75) is 31.4 Å². The van der Waals surface area contributed by atoms with Gasteiger partial charge in [0.25, 0.3) is 0 Å². The number of ether oxygens (including phenoxy) is 3. The average Bonchev–Trinajstić information content (AvgIpc) is 3.42. The Kier molecular flexibility index (Phi) is 4.45. The van der Waals surface area contributed by atoms with Crippen LogP contribution in [0, 0.1) is 17.8 Å². The van der Waals surface area contributed by atoms with Crippen LogP contribution in [0.1, 0.15) is 35.2 Å². The number of fused-ring (bicyclic) bond motifs is 3. The lowest BCUT2D eigenvalue weighted by Gasteiger charge is -2.37. The Balaban J connectivity index is 1.29. The molecule has 6 nitrogen and oxygen atoms in total. The van der Waals surface area contributed by atoms with Crippen molar-refractivity contribution in [1.82, 2.24) is 5.32 Å². The van der Waals surface area contributed by atoms with E-state index >= 15 is 0 Å². The van der Waals surface area contributed by atoms with Crippen LogP contribution in [0.2, 0.25) is 0 Å². The zero-order valence-electron chi connectivity index (χ0n) is 17.1. The SMILES string of the molecule is COc1cccc(CNC(=O)[C@H]2[C@@H]3CC[C@@]4(CC(=O)c5ccccc5O4)[C@@H]32)c1OC. The molecular formula is C24H25NO5. The Hall–Kier alpha value is -3.02. The summed E-state index contributed by atoms with van der Waals surface area (Å²) in [5.41, 5.74) is 0.980. The molecular weight excluding hydrogens is 382 g/mol. The van der Waals surface area contributed by atoms with Crippen LogP contribution in [0.4, 0.5) is 0 Å². The van der Waals surface area contributed by atoms with E-state index in [1.165, 1.54) is 0 Å². The fourth-order valence-electron chi connectivity index (χ4n) is 5.51. The molecule has 1 spiro atoms. The van der Waals surface area contributed by atoms with E-state index in [1.807, 2.05) is 42.5 Å². The molecule has 30 heavy (non-hydrogen) atoms. The number of nitrogens with one attached hydrogen (secondary N) is 1. The van der Waals surface area contributed by atoms with Crippen LogP contribution in [-0.4, -0.2) is 31.5 Å². The minimum atomic E-state index is -0.536. The lowest BCUT2D eigenvalue weighted by molar-refractivity contribution is -0.124. The number of para-hydroxylation sites is 2. The lowest BCUT2D eigenvalue weighted by atomic mass is 9.84. The molecule has 2 aromatic rings. The molecule has 3 aliphatic rings. The second kappa shape index (κ2) is 7.04. The zero-order chi connectivity index (χ0) is 20.9. The van der Waals surface area contributed by atoms with Crippen molar-refractivity contribution in [1.29, 1.82) is 0 Å². The number of methoxy groups -OCH3 is 2. The van der Waals surface area contributed by atoms with E-state index in [-0.39, 0.29) is 29.4 Å². The summed E-state index contributed by atoms with van der Waals surface area (Å²) in [5.74, 6) is 2.34. The Morgan fingerprint density at radius 2 is 2.00 bits per heavy atom. The van der Waals surface area contributed by atoms with Crippen LogP contribution < -0.4 is 19.5 Å². The van der Waals surface area contributed by atoms with Gasteiger partial charge in [-0.05, 0) is 37.0 Å². The van der Waals surface area contributed by atoms with Crippen molar-refractivity contribution in [2.24, 2.45) is 17.8 Å². The molecule has 0 saturated heterocycles. The first-order valence-electron chi connectivity index (χ1n) is 10.4. The first-order chi connectivity index (χ1) is 14.6. The van der Waals surface area contributed by atoms with Crippen molar-refractivity contribution in [3.8, 4) is 17.2 Å². The monoisotopic (exact) mass is 407 g/mol. The molecule has 5 rings (SSSR count). The van der Waals surface area contributed by atoms with Gasteiger partial charge in [0.05, 0.1) is 26.2 Å². The van der Waals surface area contributed by atoms with Crippen molar-refractivity contribution >= 4 is 11.7 Å². The number of amides is 1. The van der Waals surface area contributed by atoms with E-state index in [0.717, 1.165) is 18.4 Å². The first kappa shape index (κ1) is 19.0. The number of benzene rings is 2. The highest BCUT2D eigenvalue weighted by Gasteiger charge is 2.70. The van der Waals surface area contributed by atoms with Gasteiger partial charge < -0.3 is 19.5 Å². The van der Waals surface area contributed by atoms with Crippen LogP contribution in [0.3, 0.4) is 0 Å². The van der Waals surface area contributed by atoms with Crippen molar-refractivity contribution in [2.75, 3.05) is 14.2 Å². The van der Waals surface area contributed by atoms with Crippen LogP contribution in [0.5, 0.6) is 17.2 Å². The Bertz CT molecular complexity index is 1020. The third-order valence-corrected chi connectivity index (χ3v) is 6.88. The normalized spacial score (nSPS) is 28.3. The molecule has 0 bridgehead atoms. The standard InChI is InChI=1S/C24H25NO5/c1-28-19-9-5-6-14(22(19)29-2)13-25-23(27)20-16-10-11-24(21(16)20)12-17(26)15-7-3-4-8-18(15)30-24/h3-9,16,20-21H,10-13H2,1-2H3,(H,25,27)/t16-,20-,21-,24+/m0/s1. The summed E-state index contributed by atoms with van der Waals surface area (Å²) >= 11 is 0. The first-order valence-corrected chi connectivity index (χ1v) is 10.4. The molecule has 156 valence electrons. The summed E-state index contributed by atoms with van der Waals surface area (Å²) in [4.78, 5) is 25.7. The predicted octanol–water partition coefficient (Wildman–Crippen LogP) is 3.38. The quantitative estimate of drug-likeness (QED) is 0.823. The van der Waals surface area contributed by atoms with E-state index in [2.05, 4.69) is 5.32 Å². The summed E-state index contributed by atoms with van der Waals surface area (Å²) in [7, 11) is 3.18. The molecule has 6 heteroatoms. The van der Waals surface area contributed by atoms with Crippen LogP contribution in [-0.2, 0) is 11.3 Å². The van der Waals surface area contributed by atoms with Gasteiger partial charge in [0.1, 0.15) is 11.4 Å². The summed E-state index contributed by atoms with van der Waals surface area (Å²) in [6.45, 7) is 0.366. The molecule has 0 aromatic heterocycles. The number of carbonyl (C=O) groups is 2. The van der Waals surface area contributed by atoms with Crippen LogP contribution >= 0.6 is 0 Å². The number of ketones is 1. The Morgan fingerprint density at radius 1 is 1.17 bits per heavy atom. The second-order valence-corrected chi connectivity index (χ2v) is 8.39. The van der Waals surface area contributed by atoms with E-state index in [1.54, 1.807) is 14.2 Å². The Labute approximate surface area is 175 Å². The average molecular weight is 407 g/mol. The molecule has 1 N–H and O–H groups in total. The van der Waals surface area contributed by atoms with Gasteiger partial charge in [-0.1, -0.05) is 24.3 Å². The van der Waals surface area contributed by atoms with Crippen LogP contribution in [0.25, 0.3) is 0 Å². The van der Waals surface area contributed by atoms with Crippen LogP contribution in [0.15, 0.2) is 42.5 Å².